The van der Waals surface area contributed by atoms with Gasteiger partial charge in [-0.3, -0.25) is 0 Å². The Morgan fingerprint density at radius 1 is 0.893 bits per heavy atom. The smallest absolute Gasteiger partial charge is 0.165 e. The van der Waals surface area contributed by atoms with Crippen LogP contribution in [0.3, 0.4) is 0 Å². The van der Waals surface area contributed by atoms with Crippen molar-refractivity contribution in [1.29, 1.82) is 0 Å². The van der Waals surface area contributed by atoms with Gasteiger partial charge in [-0.1, -0.05) is 74.5 Å². The summed E-state index contributed by atoms with van der Waals surface area (Å²) < 4.78 is 1.95. The van der Waals surface area contributed by atoms with Crippen LogP contribution in [0.2, 0.25) is 0 Å². The fraction of sp³-hybridized carbons (Fsp3) is 0.250. The van der Waals surface area contributed by atoms with Gasteiger partial charge < -0.3 is 5.32 Å². The zero-order chi connectivity index (χ0) is 19.7. The molecule has 1 atom stereocenters. The van der Waals surface area contributed by atoms with Crippen molar-refractivity contribution in [3.05, 3.63) is 83.7 Å². The number of fused-ring (bicyclic) bond motifs is 1. The molecule has 4 rings (SSSR count). The molecule has 0 bridgehead atoms. The van der Waals surface area contributed by atoms with Crippen LogP contribution in [0.1, 0.15) is 49.7 Å². The molecule has 4 aromatic rings. The number of aryl methyl sites for hydroxylation is 1. The van der Waals surface area contributed by atoms with Gasteiger partial charge in [-0.15, -0.1) is 0 Å². The van der Waals surface area contributed by atoms with Crippen LogP contribution in [0.5, 0.6) is 0 Å². The summed E-state index contributed by atoms with van der Waals surface area (Å²) in [5, 5.41) is 8.48. The van der Waals surface area contributed by atoms with E-state index >= 15 is 0 Å². The third-order valence-electron chi connectivity index (χ3n) is 5.10. The highest BCUT2D eigenvalue weighted by atomic mass is 15.3. The van der Waals surface area contributed by atoms with Crippen molar-refractivity contribution in [2.24, 2.45) is 0 Å². The van der Waals surface area contributed by atoms with Gasteiger partial charge in [-0.25, -0.2) is 4.98 Å². The summed E-state index contributed by atoms with van der Waals surface area (Å²) in [7, 11) is 0. The number of rotatable bonds is 5. The molecule has 0 spiro atoms. The second kappa shape index (κ2) is 7.47. The summed E-state index contributed by atoms with van der Waals surface area (Å²) in [5.41, 5.74) is 6.43. The van der Waals surface area contributed by atoms with Crippen molar-refractivity contribution in [3.8, 4) is 11.1 Å². The number of anilines is 1. The summed E-state index contributed by atoms with van der Waals surface area (Å²) in [5.74, 6) is 1.30. The molecule has 2 aromatic carbocycles. The number of hydrogen-bond donors (Lipinski definition) is 1. The minimum Gasteiger partial charge on any atom is -0.363 e. The highest BCUT2D eigenvalue weighted by Crippen LogP contribution is 2.31. The Morgan fingerprint density at radius 2 is 1.54 bits per heavy atom. The van der Waals surface area contributed by atoms with E-state index in [4.69, 9.17) is 10.1 Å². The van der Waals surface area contributed by atoms with E-state index in [2.05, 4.69) is 87.6 Å². The number of nitrogens with one attached hydrogen (secondary N) is 1. The maximum Gasteiger partial charge on any atom is 0.165 e. The van der Waals surface area contributed by atoms with Crippen molar-refractivity contribution in [1.82, 2.24) is 14.6 Å². The Morgan fingerprint density at radius 3 is 2.18 bits per heavy atom. The van der Waals surface area contributed by atoms with Crippen molar-refractivity contribution < 1.29 is 0 Å². The predicted molar refractivity (Wildman–Crippen MR) is 116 cm³/mol. The molecule has 2 aromatic heterocycles. The third-order valence-corrected chi connectivity index (χ3v) is 5.10. The lowest BCUT2D eigenvalue weighted by Crippen LogP contribution is -2.12. The van der Waals surface area contributed by atoms with Crippen LogP contribution in [0.4, 0.5) is 5.82 Å². The Balaban J connectivity index is 1.86. The fourth-order valence-corrected chi connectivity index (χ4v) is 3.53. The van der Waals surface area contributed by atoms with Crippen LogP contribution in [0, 0.1) is 6.92 Å². The van der Waals surface area contributed by atoms with Gasteiger partial charge in [0, 0.05) is 23.4 Å². The normalized spacial score (nSPS) is 12.5. The SMILES string of the molecule is Cc1nn2c(NC(C)c3ccccc3)cc(C(C)C)nc2c1-c1ccccc1. The molecule has 0 radical (unpaired) electrons. The second-order valence-electron chi connectivity index (χ2n) is 7.56. The van der Waals surface area contributed by atoms with Gasteiger partial charge in [0.15, 0.2) is 5.65 Å². The average Bonchev–Trinajstić information content (AvgIpc) is 3.05. The van der Waals surface area contributed by atoms with Gasteiger partial charge in [-0.05, 0) is 30.9 Å². The van der Waals surface area contributed by atoms with E-state index in [1.807, 2.05) is 16.6 Å². The molecular formula is C24H26N4. The molecule has 2 heterocycles. The highest BCUT2D eigenvalue weighted by molar-refractivity contribution is 5.81. The molecule has 0 aliphatic carbocycles. The molecule has 0 amide bonds. The van der Waals surface area contributed by atoms with Gasteiger partial charge in [0.25, 0.3) is 0 Å². The van der Waals surface area contributed by atoms with Crippen LogP contribution >= 0.6 is 0 Å². The number of aromatic nitrogens is 3. The maximum atomic E-state index is 4.97. The molecule has 4 heteroatoms. The molecule has 0 fully saturated rings. The van der Waals surface area contributed by atoms with Crippen molar-refractivity contribution in [2.45, 2.75) is 39.7 Å². The standard InChI is InChI=1S/C24H26N4/c1-16(2)21-15-22(25-17(3)19-11-7-5-8-12-19)28-24(26-21)23(18(4)27-28)20-13-9-6-10-14-20/h5-17,25H,1-4H3. The summed E-state index contributed by atoms with van der Waals surface area (Å²) >= 11 is 0. The monoisotopic (exact) mass is 370 g/mol. The van der Waals surface area contributed by atoms with Crippen molar-refractivity contribution in [2.75, 3.05) is 5.32 Å². The first-order valence-electron chi connectivity index (χ1n) is 9.81. The molecule has 1 N–H and O–H groups in total. The van der Waals surface area contributed by atoms with Crippen molar-refractivity contribution >= 4 is 11.5 Å². The summed E-state index contributed by atoms with van der Waals surface area (Å²) in [6.45, 7) is 8.57. The van der Waals surface area contributed by atoms with Gasteiger partial charge in [0.1, 0.15) is 5.82 Å². The lowest BCUT2D eigenvalue weighted by atomic mass is 10.1. The predicted octanol–water partition coefficient (Wildman–Crippen LogP) is 6.00. The van der Waals surface area contributed by atoms with Gasteiger partial charge in [0.05, 0.1) is 5.69 Å². The minimum atomic E-state index is 0.163. The molecule has 28 heavy (non-hydrogen) atoms. The van der Waals surface area contributed by atoms with Gasteiger partial charge in [0.2, 0.25) is 0 Å². The molecule has 0 aliphatic heterocycles. The molecule has 0 saturated carbocycles. The van der Waals surface area contributed by atoms with Crippen LogP contribution in [-0.4, -0.2) is 14.6 Å². The van der Waals surface area contributed by atoms with E-state index in [1.54, 1.807) is 0 Å². The number of benzene rings is 2. The zero-order valence-corrected chi connectivity index (χ0v) is 16.8. The minimum absolute atomic E-state index is 0.163. The fourth-order valence-electron chi connectivity index (χ4n) is 3.53. The lowest BCUT2D eigenvalue weighted by Gasteiger charge is -2.18. The first-order chi connectivity index (χ1) is 13.5. The molecule has 4 nitrogen and oxygen atoms in total. The van der Waals surface area contributed by atoms with E-state index in [-0.39, 0.29) is 6.04 Å². The van der Waals surface area contributed by atoms with Crippen LogP contribution in [0.15, 0.2) is 66.7 Å². The molecule has 1 unspecified atom stereocenters. The topological polar surface area (TPSA) is 42.2 Å². The quantitative estimate of drug-likeness (QED) is 0.468. The second-order valence-corrected chi connectivity index (χ2v) is 7.56. The maximum absolute atomic E-state index is 4.97. The largest absolute Gasteiger partial charge is 0.363 e. The Kier molecular flexibility index (Phi) is 4.86. The Hall–Kier alpha value is -3.14. The van der Waals surface area contributed by atoms with Crippen molar-refractivity contribution in [3.63, 3.8) is 0 Å². The third kappa shape index (κ3) is 3.38. The summed E-state index contributed by atoms with van der Waals surface area (Å²) in [6.07, 6.45) is 0. The van der Waals surface area contributed by atoms with Gasteiger partial charge >= 0.3 is 0 Å². The summed E-state index contributed by atoms with van der Waals surface area (Å²) in [6, 6.07) is 23.1. The molecule has 0 saturated heterocycles. The van der Waals surface area contributed by atoms with E-state index in [9.17, 15) is 0 Å². The Labute approximate surface area is 166 Å². The Bertz CT molecular complexity index is 1080. The average molecular weight is 371 g/mol. The van der Waals surface area contributed by atoms with E-state index in [0.717, 1.165) is 34.0 Å². The first-order valence-corrected chi connectivity index (χ1v) is 9.81. The lowest BCUT2D eigenvalue weighted by molar-refractivity contribution is 0.793. The van der Waals surface area contributed by atoms with Crippen LogP contribution in [0.25, 0.3) is 16.8 Å². The highest BCUT2D eigenvalue weighted by Gasteiger charge is 2.18. The zero-order valence-electron chi connectivity index (χ0n) is 16.8. The number of nitrogens with zero attached hydrogens (tertiary/aromatic N) is 3. The first kappa shape index (κ1) is 18.2. The van der Waals surface area contributed by atoms with E-state index in [0.29, 0.717) is 5.92 Å². The van der Waals surface area contributed by atoms with E-state index in [1.165, 1.54) is 5.56 Å². The van der Waals surface area contributed by atoms with Gasteiger partial charge in [-0.2, -0.15) is 9.61 Å². The van der Waals surface area contributed by atoms with E-state index < -0.39 is 0 Å². The molecule has 142 valence electrons. The van der Waals surface area contributed by atoms with Crippen LogP contribution in [-0.2, 0) is 0 Å². The van der Waals surface area contributed by atoms with Crippen LogP contribution < -0.4 is 5.32 Å². The number of hydrogen-bond acceptors (Lipinski definition) is 3. The summed E-state index contributed by atoms with van der Waals surface area (Å²) in [4.78, 5) is 4.97. The molecule has 0 aliphatic rings. The molecular weight excluding hydrogens is 344 g/mol.